The van der Waals surface area contributed by atoms with E-state index in [1.54, 1.807) is 11.1 Å². The fraction of sp³-hybridized carbons (Fsp3) is 0.727. The molecular weight excluding hydrogens is 518 g/mol. The Labute approximate surface area is 178 Å². The second kappa shape index (κ2) is 12.9. The third-order valence-electron chi connectivity index (χ3n) is 5.32. The van der Waals surface area contributed by atoms with Crippen LogP contribution in [0.3, 0.4) is 0 Å². The summed E-state index contributed by atoms with van der Waals surface area (Å²) in [4.78, 5) is 0. The number of benzene rings is 1. The molecule has 0 amide bonds. The normalized spacial score (nSPS) is 13.9. The van der Waals surface area contributed by atoms with Crippen molar-refractivity contribution >= 4 is 45.2 Å². The fourth-order valence-corrected chi connectivity index (χ4v) is 4.95. The van der Waals surface area contributed by atoms with Crippen LogP contribution >= 0.6 is 45.2 Å². The summed E-state index contributed by atoms with van der Waals surface area (Å²) in [7, 11) is 0. The van der Waals surface area contributed by atoms with Crippen LogP contribution in [-0.2, 0) is 12.8 Å². The molecule has 0 aliphatic carbocycles. The smallest absolute Gasteiger partial charge is 0.0165 e. The van der Waals surface area contributed by atoms with Crippen molar-refractivity contribution in [3.8, 4) is 0 Å². The van der Waals surface area contributed by atoms with Crippen LogP contribution in [0.5, 0.6) is 0 Å². The van der Waals surface area contributed by atoms with Gasteiger partial charge in [-0.2, -0.15) is 0 Å². The Morgan fingerprint density at radius 2 is 1.08 bits per heavy atom. The first kappa shape index (κ1) is 22.7. The summed E-state index contributed by atoms with van der Waals surface area (Å²) < 4.78 is 2.98. The lowest BCUT2D eigenvalue weighted by atomic mass is 9.89. The SMILES string of the molecule is CCCC[C@H](CC)Cc1cc(I)c(C[C@@H](CC)CCCC)cc1I. The maximum Gasteiger partial charge on any atom is 0.0165 e. The molecule has 0 saturated carbocycles. The molecule has 1 aromatic rings. The Kier molecular flexibility index (Phi) is 12.3. The average molecular weight is 554 g/mol. The molecule has 0 heterocycles. The summed E-state index contributed by atoms with van der Waals surface area (Å²) in [6, 6.07) is 4.97. The van der Waals surface area contributed by atoms with Crippen molar-refractivity contribution in [2.24, 2.45) is 11.8 Å². The maximum absolute atomic E-state index is 2.57. The Balaban J connectivity index is 2.80. The molecule has 0 N–H and O–H groups in total. The third kappa shape index (κ3) is 7.92. The third-order valence-corrected chi connectivity index (χ3v) is 7.33. The van der Waals surface area contributed by atoms with Crippen molar-refractivity contribution < 1.29 is 0 Å². The van der Waals surface area contributed by atoms with Gasteiger partial charge in [0.1, 0.15) is 0 Å². The number of hydrogen-bond acceptors (Lipinski definition) is 0. The molecule has 0 unspecified atom stereocenters. The van der Waals surface area contributed by atoms with E-state index >= 15 is 0 Å². The minimum atomic E-state index is 0.855. The highest BCUT2D eigenvalue weighted by Crippen LogP contribution is 2.28. The lowest BCUT2D eigenvalue weighted by molar-refractivity contribution is 0.445. The van der Waals surface area contributed by atoms with Crippen molar-refractivity contribution in [2.75, 3.05) is 0 Å². The van der Waals surface area contributed by atoms with Gasteiger partial charge in [0.25, 0.3) is 0 Å². The second-order valence-corrected chi connectivity index (χ2v) is 9.60. The summed E-state index contributed by atoms with van der Waals surface area (Å²) in [6.07, 6.45) is 13.3. The highest BCUT2D eigenvalue weighted by Gasteiger charge is 2.14. The molecule has 0 aliphatic rings. The topological polar surface area (TPSA) is 0 Å². The second-order valence-electron chi connectivity index (χ2n) is 7.28. The molecule has 0 spiro atoms. The predicted octanol–water partition coefficient (Wildman–Crippen LogP) is 8.41. The van der Waals surface area contributed by atoms with E-state index in [-0.39, 0.29) is 0 Å². The monoisotopic (exact) mass is 554 g/mol. The van der Waals surface area contributed by atoms with Gasteiger partial charge in [-0.25, -0.2) is 0 Å². The van der Waals surface area contributed by atoms with E-state index in [2.05, 4.69) is 85.0 Å². The molecule has 0 aliphatic heterocycles. The van der Waals surface area contributed by atoms with Gasteiger partial charge in [0.05, 0.1) is 0 Å². The van der Waals surface area contributed by atoms with E-state index in [4.69, 9.17) is 0 Å². The van der Waals surface area contributed by atoms with Gasteiger partial charge in [-0.1, -0.05) is 79.1 Å². The summed E-state index contributed by atoms with van der Waals surface area (Å²) in [6.45, 7) is 9.31. The molecule has 2 heteroatoms. The van der Waals surface area contributed by atoms with Crippen LogP contribution in [0.4, 0.5) is 0 Å². The van der Waals surface area contributed by atoms with Gasteiger partial charge in [0.2, 0.25) is 0 Å². The lowest BCUT2D eigenvalue weighted by Crippen LogP contribution is -2.08. The quantitative estimate of drug-likeness (QED) is 0.228. The van der Waals surface area contributed by atoms with Crippen molar-refractivity contribution in [1.82, 2.24) is 0 Å². The highest BCUT2D eigenvalue weighted by molar-refractivity contribution is 14.1. The first-order chi connectivity index (χ1) is 11.5. The molecule has 0 radical (unpaired) electrons. The number of hydrogen-bond donors (Lipinski definition) is 0. The maximum atomic E-state index is 2.57. The molecular formula is C22H36I2. The van der Waals surface area contributed by atoms with E-state index in [0.717, 1.165) is 11.8 Å². The van der Waals surface area contributed by atoms with Crippen LogP contribution in [0.2, 0.25) is 0 Å². The minimum Gasteiger partial charge on any atom is -0.0654 e. The lowest BCUT2D eigenvalue weighted by Gasteiger charge is -2.19. The largest absolute Gasteiger partial charge is 0.0654 e. The molecule has 2 atom stereocenters. The van der Waals surface area contributed by atoms with Crippen molar-refractivity contribution in [3.63, 3.8) is 0 Å². The molecule has 0 aromatic heterocycles. The van der Waals surface area contributed by atoms with Crippen LogP contribution in [0.1, 0.15) is 90.2 Å². The Morgan fingerprint density at radius 3 is 1.38 bits per heavy atom. The summed E-state index contributed by atoms with van der Waals surface area (Å²) in [5.74, 6) is 1.71. The zero-order chi connectivity index (χ0) is 17.9. The van der Waals surface area contributed by atoms with E-state index in [9.17, 15) is 0 Å². The first-order valence-corrected chi connectivity index (χ1v) is 12.2. The van der Waals surface area contributed by atoms with Crippen LogP contribution in [0.25, 0.3) is 0 Å². The van der Waals surface area contributed by atoms with Gasteiger partial charge in [-0.05, 0) is 93.1 Å². The van der Waals surface area contributed by atoms with Crippen LogP contribution in [0.15, 0.2) is 12.1 Å². The highest BCUT2D eigenvalue weighted by atomic mass is 127. The summed E-state index contributed by atoms with van der Waals surface area (Å²) in [5, 5.41) is 0. The van der Waals surface area contributed by atoms with Gasteiger partial charge >= 0.3 is 0 Å². The van der Waals surface area contributed by atoms with E-state index in [1.807, 2.05) is 0 Å². The minimum absolute atomic E-state index is 0.855. The number of unbranched alkanes of at least 4 members (excludes halogenated alkanes) is 2. The zero-order valence-corrected chi connectivity index (χ0v) is 20.5. The first-order valence-electron chi connectivity index (χ1n) is 10.0. The van der Waals surface area contributed by atoms with E-state index in [1.165, 1.54) is 71.3 Å². The van der Waals surface area contributed by atoms with Crippen LogP contribution in [0, 0.1) is 19.0 Å². The molecule has 24 heavy (non-hydrogen) atoms. The fourth-order valence-electron chi connectivity index (χ4n) is 3.45. The molecule has 1 rings (SSSR count). The van der Waals surface area contributed by atoms with Crippen molar-refractivity contribution in [2.45, 2.75) is 91.9 Å². The summed E-state index contributed by atoms with van der Waals surface area (Å²) in [5.41, 5.74) is 3.15. The Morgan fingerprint density at radius 1 is 0.708 bits per heavy atom. The molecule has 0 saturated heterocycles. The van der Waals surface area contributed by atoms with Crippen molar-refractivity contribution in [1.29, 1.82) is 0 Å². The molecule has 0 fully saturated rings. The van der Waals surface area contributed by atoms with Gasteiger partial charge in [-0.3, -0.25) is 0 Å². The van der Waals surface area contributed by atoms with Crippen LogP contribution in [-0.4, -0.2) is 0 Å². The number of rotatable bonds is 12. The van der Waals surface area contributed by atoms with E-state index < -0.39 is 0 Å². The standard InChI is InChI=1S/C22H36I2/c1-5-9-11-17(7-3)13-19-15-22(24)20(16-21(19)23)14-18(8-4)12-10-6-2/h15-18H,5-14H2,1-4H3/t17-,18-/m0/s1. The van der Waals surface area contributed by atoms with E-state index in [0.29, 0.717) is 0 Å². The number of halogens is 2. The molecule has 1 aromatic carbocycles. The molecule has 0 bridgehead atoms. The Bertz CT molecular complexity index is 424. The zero-order valence-electron chi connectivity index (χ0n) is 16.1. The predicted molar refractivity (Wildman–Crippen MR) is 126 cm³/mol. The molecule has 138 valence electrons. The summed E-state index contributed by atoms with van der Waals surface area (Å²) >= 11 is 5.15. The molecule has 0 nitrogen and oxygen atoms in total. The van der Waals surface area contributed by atoms with Crippen LogP contribution < -0.4 is 0 Å². The average Bonchev–Trinajstić information content (AvgIpc) is 2.58. The van der Waals surface area contributed by atoms with Crippen molar-refractivity contribution in [3.05, 3.63) is 30.4 Å². The van der Waals surface area contributed by atoms with Gasteiger partial charge in [0, 0.05) is 7.14 Å². The van der Waals surface area contributed by atoms with Gasteiger partial charge < -0.3 is 0 Å². The van der Waals surface area contributed by atoms with Gasteiger partial charge in [-0.15, -0.1) is 0 Å². The van der Waals surface area contributed by atoms with Gasteiger partial charge in [0.15, 0.2) is 0 Å². The Hall–Kier alpha value is 0.680.